The largest absolute Gasteiger partial charge is 0.493 e. The van der Waals surface area contributed by atoms with Gasteiger partial charge in [-0.05, 0) is 43.5 Å². The van der Waals surface area contributed by atoms with Crippen molar-refractivity contribution >= 4 is 24.1 Å². The van der Waals surface area contributed by atoms with E-state index in [0.717, 1.165) is 0 Å². The number of amides is 1. The van der Waals surface area contributed by atoms with Crippen molar-refractivity contribution in [1.29, 1.82) is 0 Å². The SMILES string of the molecule is COc1cc(C(C)=O)ccc1OCCCC(=O)N(C)CC(C)(C)CN.Cl. The first-order chi connectivity index (χ1) is 11.7. The quantitative estimate of drug-likeness (QED) is 0.494. The number of nitrogens with zero attached hydrogens (tertiary/aromatic N) is 1. The molecule has 0 heterocycles. The molecular weight excluding hydrogens is 356 g/mol. The lowest BCUT2D eigenvalue weighted by Crippen LogP contribution is -2.39. The number of hydrogen-bond acceptors (Lipinski definition) is 5. The highest BCUT2D eigenvalue weighted by Crippen LogP contribution is 2.28. The fraction of sp³-hybridized carbons (Fsp3) is 0.579. The van der Waals surface area contributed by atoms with Crippen molar-refractivity contribution in [3.63, 3.8) is 0 Å². The van der Waals surface area contributed by atoms with E-state index in [9.17, 15) is 9.59 Å². The maximum Gasteiger partial charge on any atom is 0.222 e. The molecule has 0 aliphatic heterocycles. The van der Waals surface area contributed by atoms with Crippen LogP contribution in [-0.2, 0) is 4.79 Å². The van der Waals surface area contributed by atoms with E-state index >= 15 is 0 Å². The minimum atomic E-state index is -0.0905. The predicted molar refractivity (Wildman–Crippen MR) is 105 cm³/mol. The average molecular weight is 387 g/mol. The van der Waals surface area contributed by atoms with Crippen LogP contribution in [0.3, 0.4) is 0 Å². The first kappa shape index (κ1) is 24.2. The van der Waals surface area contributed by atoms with Gasteiger partial charge in [0.15, 0.2) is 17.3 Å². The molecule has 2 N–H and O–H groups in total. The molecule has 0 spiro atoms. The van der Waals surface area contributed by atoms with Crippen LogP contribution in [0, 0.1) is 5.41 Å². The van der Waals surface area contributed by atoms with Crippen LogP contribution in [0.4, 0.5) is 0 Å². The van der Waals surface area contributed by atoms with Gasteiger partial charge in [0, 0.05) is 25.6 Å². The molecule has 0 saturated carbocycles. The molecule has 0 aromatic heterocycles. The van der Waals surface area contributed by atoms with E-state index in [0.29, 0.717) is 49.6 Å². The van der Waals surface area contributed by atoms with Gasteiger partial charge >= 0.3 is 0 Å². The number of ether oxygens (including phenoxy) is 2. The minimum absolute atomic E-state index is 0. The lowest BCUT2D eigenvalue weighted by Gasteiger charge is -2.29. The second-order valence-electron chi connectivity index (χ2n) is 6.99. The molecule has 1 amide bonds. The Morgan fingerprint density at radius 1 is 1.23 bits per heavy atom. The lowest BCUT2D eigenvalue weighted by molar-refractivity contribution is -0.131. The maximum atomic E-state index is 12.2. The lowest BCUT2D eigenvalue weighted by atomic mass is 9.93. The van der Waals surface area contributed by atoms with Crippen LogP contribution in [-0.4, -0.2) is 50.4 Å². The summed E-state index contributed by atoms with van der Waals surface area (Å²) in [5.74, 6) is 1.13. The van der Waals surface area contributed by atoms with Crippen LogP contribution in [0.25, 0.3) is 0 Å². The highest BCUT2D eigenvalue weighted by molar-refractivity contribution is 5.94. The molecule has 0 fully saturated rings. The van der Waals surface area contributed by atoms with Gasteiger partial charge in [0.05, 0.1) is 13.7 Å². The molecule has 6 nitrogen and oxygen atoms in total. The average Bonchev–Trinajstić information content (AvgIpc) is 2.57. The Bertz CT molecular complexity index is 605. The third kappa shape index (κ3) is 7.62. The van der Waals surface area contributed by atoms with Crippen molar-refractivity contribution in [2.75, 3.05) is 33.9 Å². The summed E-state index contributed by atoms with van der Waals surface area (Å²) in [5, 5.41) is 0. The fourth-order valence-electron chi connectivity index (χ4n) is 2.40. The summed E-state index contributed by atoms with van der Waals surface area (Å²) in [6.45, 7) is 7.14. The molecule has 7 heteroatoms. The first-order valence-corrected chi connectivity index (χ1v) is 8.46. The Kier molecular flexibility index (Phi) is 10.3. The molecule has 0 saturated heterocycles. The van der Waals surface area contributed by atoms with E-state index in [2.05, 4.69) is 0 Å². The molecule has 1 rings (SSSR count). The number of hydrogen-bond donors (Lipinski definition) is 1. The van der Waals surface area contributed by atoms with Gasteiger partial charge in [0.2, 0.25) is 5.91 Å². The number of methoxy groups -OCH3 is 1. The van der Waals surface area contributed by atoms with E-state index in [1.807, 2.05) is 13.8 Å². The van der Waals surface area contributed by atoms with Crippen molar-refractivity contribution in [3.05, 3.63) is 23.8 Å². The van der Waals surface area contributed by atoms with Crippen molar-refractivity contribution in [2.24, 2.45) is 11.1 Å². The van der Waals surface area contributed by atoms with Crippen LogP contribution in [0.2, 0.25) is 0 Å². The Morgan fingerprint density at radius 2 is 1.88 bits per heavy atom. The first-order valence-electron chi connectivity index (χ1n) is 8.46. The molecule has 148 valence electrons. The van der Waals surface area contributed by atoms with Crippen LogP contribution in [0.5, 0.6) is 11.5 Å². The van der Waals surface area contributed by atoms with Gasteiger partial charge < -0.3 is 20.1 Å². The van der Waals surface area contributed by atoms with Gasteiger partial charge in [-0.25, -0.2) is 0 Å². The number of carbonyl (C=O) groups is 2. The third-order valence-electron chi connectivity index (χ3n) is 4.01. The number of rotatable bonds is 10. The van der Waals surface area contributed by atoms with E-state index in [1.54, 1.807) is 30.1 Å². The Hall–Kier alpha value is -1.79. The summed E-state index contributed by atoms with van der Waals surface area (Å²) in [6.07, 6.45) is 1.01. The van der Waals surface area contributed by atoms with Crippen molar-refractivity contribution in [1.82, 2.24) is 4.90 Å². The van der Waals surface area contributed by atoms with E-state index < -0.39 is 0 Å². The summed E-state index contributed by atoms with van der Waals surface area (Å²) in [4.78, 5) is 25.3. The fourth-order valence-corrected chi connectivity index (χ4v) is 2.40. The van der Waals surface area contributed by atoms with Gasteiger partial charge in [-0.3, -0.25) is 9.59 Å². The van der Waals surface area contributed by atoms with E-state index in [4.69, 9.17) is 15.2 Å². The van der Waals surface area contributed by atoms with E-state index in [1.165, 1.54) is 14.0 Å². The van der Waals surface area contributed by atoms with Crippen molar-refractivity contribution in [3.8, 4) is 11.5 Å². The summed E-state index contributed by atoms with van der Waals surface area (Å²) < 4.78 is 10.9. The zero-order valence-electron chi connectivity index (χ0n) is 16.3. The Labute approximate surface area is 162 Å². The summed E-state index contributed by atoms with van der Waals surface area (Å²) in [5.41, 5.74) is 6.19. The van der Waals surface area contributed by atoms with Crippen molar-refractivity contribution < 1.29 is 19.1 Å². The molecular formula is C19H31ClN2O4. The van der Waals surface area contributed by atoms with Gasteiger partial charge in [0.25, 0.3) is 0 Å². The van der Waals surface area contributed by atoms with Gasteiger partial charge in [-0.15, -0.1) is 12.4 Å². The van der Waals surface area contributed by atoms with Gasteiger partial charge in [-0.2, -0.15) is 0 Å². The molecule has 26 heavy (non-hydrogen) atoms. The van der Waals surface area contributed by atoms with Gasteiger partial charge in [-0.1, -0.05) is 13.8 Å². The highest BCUT2D eigenvalue weighted by Gasteiger charge is 2.20. The van der Waals surface area contributed by atoms with E-state index in [-0.39, 0.29) is 29.5 Å². The van der Waals surface area contributed by atoms with Crippen LogP contribution >= 0.6 is 12.4 Å². The van der Waals surface area contributed by atoms with Crippen LogP contribution in [0.15, 0.2) is 18.2 Å². The second-order valence-corrected chi connectivity index (χ2v) is 6.99. The molecule has 0 aliphatic carbocycles. The third-order valence-corrected chi connectivity index (χ3v) is 4.01. The van der Waals surface area contributed by atoms with Crippen LogP contribution < -0.4 is 15.2 Å². The standard InChI is InChI=1S/C19H30N2O4.ClH/c1-14(22)15-8-9-16(17(11-15)24-5)25-10-6-7-18(23)21(4)13-19(2,3)12-20;/h8-9,11H,6-7,10,12-13,20H2,1-5H3;1H. The number of nitrogens with two attached hydrogens (primary N) is 1. The van der Waals surface area contributed by atoms with Crippen LogP contribution in [0.1, 0.15) is 44.0 Å². The second kappa shape index (κ2) is 11.0. The molecule has 1 aromatic carbocycles. The Morgan fingerprint density at radius 3 is 2.42 bits per heavy atom. The highest BCUT2D eigenvalue weighted by atomic mass is 35.5. The zero-order chi connectivity index (χ0) is 19.0. The number of Topliss-reactive ketones (excluding diaryl/α,β-unsaturated/α-hetero) is 1. The molecule has 0 atom stereocenters. The predicted octanol–water partition coefficient (Wildman–Crippen LogP) is 2.92. The number of halogens is 1. The normalized spacial score (nSPS) is 10.7. The zero-order valence-corrected chi connectivity index (χ0v) is 17.1. The minimum Gasteiger partial charge on any atom is -0.493 e. The summed E-state index contributed by atoms with van der Waals surface area (Å²) >= 11 is 0. The van der Waals surface area contributed by atoms with Gasteiger partial charge in [0.1, 0.15) is 0 Å². The monoisotopic (exact) mass is 386 g/mol. The number of carbonyl (C=O) groups excluding carboxylic acids is 2. The molecule has 0 aliphatic rings. The molecule has 1 aromatic rings. The number of benzene rings is 1. The summed E-state index contributed by atoms with van der Waals surface area (Å²) in [6, 6.07) is 5.08. The molecule has 0 bridgehead atoms. The number of ketones is 1. The van der Waals surface area contributed by atoms with Crippen molar-refractivity contribution in [2.45, 2.75) is 33.6 Å². The summed E-state index contributed by atoms with van der Waals surface area (Å²) in [7, 11) is 3.33. The smallest absolute Gasteiger partial charge is 0.222 e. The Balaban J connectivity index is 0.00000625. The molecule has 0 unspecified atom stereocenters. The maximum absolute atomic E-state index is 12.2. The topological polar surface area (TPSA) is 81.9 Å². The molecule has 0 radical (unpaired) electrons.